The molecule has 0 bridgehead atoms. The zero-order valence-electron chi connectivity index (χ0n) is 24.6. The largest absolute Gasteiger partial charge is 0.490 e. The average molecular weight is 578 g/mol. The lowest BCUT2D eigenvalue weighted by Crippen LogP contribution is -2.21. The highest BCUT2D eigenvalue weighted by atomic mass is 19.1. The molecule has 2 amide bonds. The van der Waals surface area contributed by atoms with Gasteiger partial charge in [0.2, 0.25) is 5.95 Å². The Morgan fingerprint density at radius 3 is 2.37 bits per heavy atom. The van der Waals surface area contributed by atoms with Crippen LogP contribution in [0.3, 0.4) is 0 Å². The van der Waals surface area contributed by atoms with E-state index in [2.05, 4.69) is 15.6 Å². The Labute approximate surface area is 249 Å². The summed E-state index contributed by atoms with van der Waals surface area (Å²) in [5.74, 6) is -0.0134. The summed E-state index contributed by atoms with van der Waals surface area (Å²) in [5.41, 5.74) is 5.29. The molecule has 5 aromatic rings. The highest BCUT2D eigenvalue weighted by Crippen LogP contribution is 2.36. The second-order valence-electron chi connectivity index (χ2n) is 10.6. The summed E-state index contributed by atoms with van der Waals surface area (Å²) in [4.78, 5) is 35.9. The van der Waals surface area contributed by atoms with Crippen LogP contribution in [0.15, 0.2) is 85.1 Å². The summed E-state index contributed by atoms with van der Waals surface area (Å²) >= 11 is 0. The minimum Gasteiger partial charge on any atom is -0.490 e. The van der Waals surface area contributed by atoms with E-state index in [0.29, 0.717) is 39.7 Å². The van der Waals surface area contributed by atoms with Gasteiger partial charge in [-0.25, -0.2) is 14.4 Å². The van der Waals surface area contributed by atoms with E-state index in [4.69, 9.17) is 9.72 Å². The fraction of sp³-hybridized carbons (Fsp3) is 0.176. The molecule has 1 heterocycles. The summed E-state index contributed by atoms with van der Waals surface area (Å²) in [7, 11) is 3.36. The average Bonchev–Trinajstić information content (AvgIpc) is 2.98. The van der Waals surface area contributed by atoms with Gasteiger partial charge < -0.3 is 20.3 Å². The third kappa shape index (κ3) is 6.62. The molecule has 4 aromatic carbocycles. The molecule has 0 spiro atoms. The number of carbonyl (C=O) groups excluding carboxylic acids is 2. The van der Waals surface area contributed by atoms with Crippen molar-refractivity contribution >= 4 is 40.0 Å². The van der Waals surface area contributed by atoms with Crippen LogP contribution in [-0.2, 0) is 0 Å². The first-order valence-electron chi connectivity index (χ1n) is 13.8. The van der Waals surface area contributed by atoms with Crippen molar-refractivity contribution in [2.45, 2.75) is 26.9 Å². The van der Waals surface area contributed by atoms with Crippen LogP contribution in [0.25, 0.3) is 22.0 Å². The molecule has 0 aliphatic carbocycles. The van der Waals surface area contributed by atoms with Crippen LogP contribution in [0.2, 0.25) is 0 Å². The highest BCUT2D eigenvalue weighted by Gasteiger charge is 2.15. The number of para-hydroxylation sites is 1. The van der Waals surface area contributed by atoms with E-state index in [1.165, 1.54) is 17.0 Å². The Morgan fingerprint density at radius 1 is 0.907 bits per heavy atom. The minimum atomic E-state index is -0.379. The third-order valence-electron chi connectivity index (χ3n) is 6.75. The molecule has 5 rings (SSSR count). The monoisotopic (exact) mass is 577 g/mol. The topological polar surface area (TPSA) is 96.5 Å². The zero-order valence-corrected chi connectivity index (χ0v) is 24.6. The number of hydrogen-bond donors (Lipinski definition) is 2. The molecule has 0 fully saturated rings. The summed E-state index contributed by atoms with van der Waals surface area (Å²) in [6.45, 7) is 5.69. The second kappa shape index (κ2) is 12.3. The molecule has 218 valence electrons. The van der Waals surface area contributed by atoms with E-state index in [9.17, 15) is 14.0 Å². The van der Waals surface area contributed by atoms with Gasteiger partial charge in [0.05, 0.1) is 11.6 Å². The lowest BCUT2D eigenvalue weighted by atomic mass is 10.0. The molecule has 0 radical (unpaired) electrons. The maximum atomic E-state index is 14.1. The van der Waals surface area contributed by atoms with Crippen LogP contribution < -0.4 is 15.4 Å². The van der Waals surface area contributed by atoms with Gasteiger partial charge in [0.1, 0.15) is 11.6 Å². The quantitative estimate of drug-likeness (QED) is 0.202. The molecule has 0 saturated heterocycles. The van der Waals surface area contributed by atoms with Gasteiger partial charge in [-0.2, -0.15) is 0 Å². The van der Waals surface area contributed by atoms with Crippen molar-refractivity contribution in [3.8, 4) is 16.9 Å². The molecule has 0 aliphatic rings. The molecule has 0 aliphatic heterocycles. The van der Waals surface area contributed by atoms with Crippen molar-refractivity contribution < 1.29 is 18.7 Å². The van der Waals surface area contributed by atoms with Gasteiger partial charge in [-0.05, 0) is 74.9 Å². The second-order valence-corrected chi connectivity index (χ2v) is 10.6. The summed E-state index contributed by atoms with van der Waals surface area (Å²) in [6.07, 6.45) is 1.59. The Bertz CT molecular complexity index is 1820. The number of halogens is 1. The first kappa shape index (κ1) is 29.2. The van der Waals surface area contributed by atoms with E-state index in [1.807, 2.05) is 57.2 Å². The number of anilines is 3. The molecule has 43 heavy (non-hydrogen) atoms. The Kier molecular flexibility index (Phi) is 8.34. The predicted octanol–water partition coefficient (Wildman–Crippen LogP) is 7.23. The molecule has 9 heteroatoms. The maximum Gasteiger partial charge on any atom is 0.255 e. The standard InChI is InChI=1S/C34H32FN5O3/c1-20(2)43-30-17-25(35)14-16-27(30)28-8-6-7-24-19-36-34(39-31(24)28)37-26-15-9-21(3)29(18-26)38-32(41)22-10-12-23(13-11-22)33(42)40(4)5/h6-20H,1-5H3,(H,38,41)(H,36,37,39). The number of aromatic nitrogens is 2. The van der Waals surface area contributed by atoms with Gasteiger partial charge in [-0.15, -0.1) is 0 Å². The van der Waals surface area contributed by atoms with Crippen LogP contribution in [0.5, 0.6) is 5.75 Å². The van der Waals surface area contributed by atoms with Crippen LogP contribution in [-0.4, -0.2) is 46.9 Å². The molecular weight excluding hydrogens is 545 g/mol. The fourth-order valence-electron chi connectivity index (χ4n) is 4.58. The summed E-state index contributed by atoms with van der Waals surface area (Å²) in [5, 5.41) is 7.00. The van der Waals surface area contributed by atoms with Crippen molar-refractivity contribution in [2.24, 2.45) is 0 Å². The van der Waals surface area contributed by atoms with E-state index in [-0.39, 0.29) is 23.7 Å². The number of hydrogen-bond acceptors (Lipinski definition) is 6. The number of benzene rings is 4. The van der Waals surface area contributed by atoms with Crippen molar-refractivity contribution in [2.75, 3.05) is 24.7 Å². The maximum absolute atomic E-state index is 14.1. The first-order valence-corrected chi connectivity index (χ1v) is 13.8. The Morgan fingerprint density at radius 2 is 1.65 bits per heavy atom. The van der Waals surface area contributed by atoms with Crippen molar-refractivity contribution in [3.05, 3.63) is 108 Å². The number of ether oxygens (including phenoxy) is 1. The number of rotatable bonds is 8. The molecule has 0 atom stereocenters. The van der Waals surface area contributed by atoms with Gasteiger partial charge in [-0.1, -0.05) is 24.3 Å². The minimum absolute atomic E-state index is 0.133. The number of nitrogens with zero attached hydrogens (tertiary/aromatic N) is 3. The summed E-state index contributed by atoms with van der Waals surface area (Å²) < 4.78 is 20.0. The van der Waals surface area contributed by atoms with Crippen LogP contribution in [0.4, 0.5) is 21.7 Å². The zero-order chi connectivity index (χ0) is 30.7. The Balaban J connectivity index is 1.41. The number of amides is 2. The molecule has 1 aromatic heterocycles. The number of fused-ring (bicyclic) bond motifs is 1. The number of nitrogens with one attached hydrogen (secondary N) is 2. The normalized spacial score (nSPS) is 11.0. The molecule has 0 saturated carbocycles. The lowest BCUT2D eigenvalue weighted by molar-refractivity contribution is 0.0827. The smallest absolute Gasteiger partial charge is 0.255 e. The van der Waals surface area contributed by atoms with Gasteiger partial charge >= 0.3 is 0 Å². The van der Waals surface area contributed by atoms with Gasteiger partial charge in [0, 0.05) is 65.4 Å². The van der Waals surface area contributed by atoms with E-state index < -0.39 is 0 Å². The van der Waals surface area contributed by atoms with E-state index >= 15 is 0 Å². The van der Waals surface area contributed by atoms with Crippen LogP contribution >= 0.6 is 0 Å². The summed E-state index contributed by atoms with van der Waals surface area (Å²) in [6, 6.07) is 22.3. The van der Waals surface area contributed by atoms with Crippen molar-refractivity contribution in [1.82, 2.24) is 14.9 Å². The van der Waals surface area contributed by atoms with Crippen molar-refractivity contribution in [1.29, 1.82) is 0 Å². The van der Waals surface area contributed by atoms with Gasteiger partial charge in [0.25, 0.3) is 11.8 Å². The highest BCUT2D eigenvalue weighted by molar-refractivity contribution is 6.05. The van der Waals surface area contributed by atoms with E-state index in [0.717, 1.165) is 22.1 Å². The molecule has 2 N–H and O–H groups in total. The van der Waals surface area contributed by atoms with E-state index in [1.54, 1.807) is 50.6 Å². The van der Waals surface area contributed by atoms with Crippen molar-refractivity contribution in [3.63, 3.8) is 0 Å². The molecule has 0 unspecified atom stereocenters. The fourth-order valence-corrected chi connectivity index (χ4v) is 4.58. The predicted molar refractivity (Wildman–Crippen MR) is 168 cm³/mol. The molecule has 8 nitrogen and oxygen atoms in total. The third-order valence-corrected chi connectivity index (χ3v) is 6.75. The van der Waals surface area contributed by atoms with Gasteiger partial charge in [0.15, 0.2) is 0 Å². The number of aryl methyl sites for hydroxylation is 1. The van der Waals surface area contributed by atoms with Gasteiger partial charge in [-0.3, -0.25) is 9.59 Å². The number of carbonyl (C=O) groups is 2. The Hall–Kier alpha value is -5.31. The van der Waals surface area contributed by atoms with Crippen LogP contribution in [0.1, 0.15) is 40.1 Å². The SMILES string of the molecule is Cc1ccc(Nc2ncc3cccc(-c4ccc(F)cc4OC(C)C)c3n2)cc1NC(=O)c1ccc(C(=O)N(C)C)cc1. The van der Waals surface area contributed by atoms with Crippen LogP contribution in [0, 0.1) is 12.7 Å². The first-order chi connectivity index (χ1) is 20.6. The lowest BCUT2D eigenvalue weighted by Gasteiger charge is -2.16. The molecular formula is C34H32FN5O3.